The van der Waals surface area contributed by atoms with E-state index >= 15 is 0 Å². The Kier molecular flexibility index (Phi) is 7.56. The Hall–Kier alpha value is -3.89. The maximum Gasteiger partial charge on any atom is 0.425 e. The third kappa shape index (κ3) is 5.05. The van der Waals surface area contributed by atoms with Gasteiger partial charge in [-0.25, -0.2) is 15.2 Å². The van der Waals surface area contributed by atoms with Crippen molar-refractivity contribution in [1.29, 1.82) is 0 Å². The van der Waals surface area contributed by atoms with Crippen LogP contribution in [0.2, 0.25) is 5.02 Å². The number of aryl methyl sites for hydroxylation is 1. The molecule has 0 aliphatic heterocycles. The fourth-order valence-electron chi connectivity index (χ4n) is 3.71. The van der Waals surface area contributed by atoms with Gasteiger partial charge in [0, 0.05) is 22.3 Å². The summed E-state index contributed by atoms with van der Waals surface area (Å²) < 4.78 is 6.83. The molecule has 0 saturated carbocycles. The van der Waals surface area contributed by atoms with Crippen molar-refractivity contribution in [2.24, 2.45) is 0 Å². The van der Waals surface area contributed by atoms with Crippen LogP contribution in [0.5, 0.6) is 0 Å². The minimum Gasteiger partial charge on any atom is -0.452 e. The van der Waals surface area contributed by atoms with Gasteiger partial charge in [0.2, 0.25) is 0 Å². The van der Waals surface area contributed by atoms with Crippen molar-refractivity contribution in [3.05, 3.63) is 87.2 Å². The first-order valence-electron chi connectivity index (χ1n) is 10.8. The Bertz CT molecular complexity index is 1490. The Labute approximate surface area is 219 Å². The van der Waals surface area contributed by atoms with Crippen LogP contribution in [0.25, 0.3) is 16.6 Å². The van der Waals surface area contributed by atoms with E-state index in [1.807, 2.05) is 19.1 Å². The molecule has 0 fully saturated rings. The van der Waals surface area contributed by atoms with Crippen molar-refractivity contribution in [3.8, 4) is 5.82 Å². The van der Waals surface area contributed by atoms with E-state index in [1.54, 1.807) is 53.4 Å². The van der Waals surface area contributed by atoms with Gasteiger partial charge in [-0.3, -0.25) is 19.6 Å². The smallest absolute Gasteiger partial charge is 0.425 e. The van der Waals surface area contributed by atoms with E-state index in [4.69, 9.17) is 11.6 Å². The highest BCUT2D eigenvalue weighted by atomic mass is 79.9. The third-order valence-electron chi connectivity index (χ3n) is 5.43. The predicted octanol–water partition coefficient (Wildman–Crippen LogP) is 5.26. The van der Waals surface area contributed by atoms with Crippen LogP contribution in [-0.2, 0) is 11.2 Å². The molecule has 0 aliphatic carbocycles. The maximum absolute atomic E-state index is 13.5. The maximum atomic E-state index is 13.5. The highest BCUT2D eigenvalue weighted by Gasteiger charge is 2.23. The molecule has 2 aromatic carbocycles. The lowest BCUT2D eigenvalue weighted by Gasteiger charge is -2.17. The number of anilines is 1. The molecular weight excluding hydrogens is 550 g/mol. The molecule has 3 N–H and O–H groups in total. The van der Waals surface area contributed by atoms with Crippen LogP contribution in [-0.4, -0.2) is 34.6 Å². The van der Waals surface area contributed by atoms with Crippen molar-refractivity contribution >= 4 is 61.9 Å². The zero-order valence-corrected chi connectivity index (χ0v) is 21.6. The Morgan fingerprint density at radius 1 is 1.08 bits per heavy atom. The van der Waals surface area contributed by atoms with Gasteiger partial charge in [0.15, 0.2) is 0 Å². The number of ether oxygens (including phenoxy) is 1. The van der Waals surface area contributed by atoms with Crippen molar-refractivity contribution < 1.29 is 19.1 Å². The number of benzene rings is 2. The molecule has 0 atom stereocenters. The minimum atomic E-state index is -0.856. The van der Waals surface area contributed by atoms with Crippen LogP contribution >= 0.6 is 27.5 Å². The number of rotatable bonds is 5. The van der Waals surface area contributed by atoms with Crippen molar-refractivity contribution in [2.75, 3.05) is 12.4 Å². The molecule has 11 heteroatoms. The third-order valence-corrected chi connectivity index (χ3v) is 6.25. The number of hydrogen-bond acceptors (Lipinski definition) is 5. The first-order chi connectivity index (χ1) is 17.3. The number of carbonyl (C=O) groups excluding carboxylic acids is 3. The number of hydrazine groups is 1. The van der Waals surface area contributed by atoms with Crippen molar-refractivity contribution in [2.45, 2.75) is 13.3 Å². The fourth-order valence-corrected chi connectivity index (χ4v) is 4.45. The second-order valence-electron chi connectivity index (χ2n) is 7.61. The largest absolute Gasteiger partial charge is 0.452 e. The van der Waals surface area contributed by atoms with E-state index in [-0.39, 0.29) is 22.0 Å². The first-order valence-corrected chi connectivity index (χ1v) is 12.0. The predicted molar refractivity (Wildman–Crippen MR) is 141 cm³/mol. The average Bonchev–Trinajstić information content (AvgIpc) is 3.29. The van der Waals surface area contributed by atoms with Gasteiger partial charge in [-0.05, 0) is 51.5 Å². The molecule has 0 saturated heterocycles. The number of aromatic nitrogens is 2. The minimum absolute atomic E-state index is 0.0488. The van der Waals surface area contributed by atoms with Crippen LogP contribution in [0.3, 0.4) is 0 Å². The van der Waals surface area contributed by atoms with Gasteiger partial charge in [-0.2, -0.15) is 0 Å². The van der Waals surface area contributed by atoms with Crippen LogP contribution in [0.15, 0.2) is 65.4 Å². The van der Waals surface area contributed by atoms with Crippen LogP contribution in [0.4, 0.5) is 10.5 Å². The number of carbonyl (C=O) groups is 3. The zero-order valence-electron chi connectivity index (χ0n) is 19.3. The summed E-state index contributed by atoms with van der Waals surface area (Å²) in [5.74, 6) is -0.598. The lowest BCUT2D eigenvalue weighted by Crippen LogP contribution is -2.41. The van der Waals surface area contributed by atoms with E-state index in [0.29, 0.717) is 27.5 Å². The molecule has 0 spiro atoms. The number of amides is 3. The summed E-state index contributed by atoms with van der Waals surface area (Å²) in [5, 5.41) is 4.28. The summed E-state index contributed by atoms with van der Waals surface area (Å²) in [6, 6.07) is 14.2. The van der Waals surface area contributed by atoms with Gasteiger partial charge in [0.1, 0.15) is 11.5 Å². The Morgan fingerprint density at radius 3 is 2.61 bits per heavy atom. The van der Waals surface area contributed by atoms with Gasteiger partial charge in [0.05, 0.1) is 23.4 Å². The first kappa shape index (κ1) is 25.2. The summed E-state index contributed by atoms with van der Waals surface area (Å²) in [6.45, 7) is 2.00. The molecule has 0 aliphatic rings. The molecule has 0 radical (unpaired) electrons. The molecule has 0 bridgehead atoms. The lowest BCUT2D eigenvalue weighted by atomic mass is 10.0. The molecule has 9 nitrogen and oxygen atoms in total. The zero-order chi connectivity index (χ0) is 25.8. The molecule has 4 rings (SSSR count). The van der Waals surface area contributed by atoms with Gasteiger partial charge in [-0.1, -0.05) is 48.9 Å². The Morgan fingerprint density at radius 2 is 1.86 bits per heavy atom. The van der Waals surface area contributed by atoms with Crippen LogP contribution < -0.4 is 16.2 Å². The molecule has 4 aromatic rings. The quantitative estimate of drug-likeness (QED) is 0.283. The fraction of sp³-hybridized carbons (Fsp3) is 0.120. The number of nitrogens with one attached hydrogen (secondary N) is 3. The molecule has 36 heavy (non-hydrogen) atoms. The van der Waals surface area contributed by atoms with E-state index in [1.165, 1.54) is 7.11 Å². The summed E-state index contributed by atoms with van der Waals surface area (Å²) in [7, 11) is 1.17. The molecular formula is C25H21BrClN5O4. The number of nitrogens with zero attached hydrogens (tertiary/aromatic N) is 2. The average molecular weight is 571 g/mol. The highest BCUT2D eigenvalue weighted by Crippen LogP contribution is 2.35. The van der Waals surface area contributed by atoms with Crippen molar-refractivity contribution in [1.82, 2.24) is 20.4 Å². The molecule has 2 aromatic heterocycles. The molecule has 0 unspecified atom stereocenters. The van der Waals surface area contributed by atoms with E-state index in [2.05, 4.69) is 41.8 Å². The van der Waals surface area contributed by atoms with Crippen LogP contribution in [0, 0.1) is 0 Å². The van der Waals surface area contributed by atoms with Crippen molar-refractivity contribution in [3.63, 3.8) is 0 Å². The molecule has 2 heterocycles. The second kappa shape index (κ2) is 10.8. The standard InChI is InChI=1S/C25H21BrClN5O4/c1-3-14-8-6-10-28-22(14)32-13-16(26)12-19(32)24(34)29-21-18(23(33)30-31-25(35)36-2)11-15-7-4-5-9-17(15)20(21)27/h4-13H,3H2,1-2H3,(H,29,34)(H,30,33)(H,31,35). The summed E-state index contributed by atoms with van der Waals surface area (Å²) in [6.07, 6.45) is 3.26. The number of methoxy groups -OCH3 is 1. The summed E-state index contributed by atoms with van der Waals surface area (Å²) in [4.78, 5) is 42.4. The lowest BCUT2D eigenvalue weighted by molar-refractivity contribution is 0.0921. The monoisotopic (exact) mass is 569 g/mol. The number of hydrogen-bond donors (Lipinski definition) is 3. The van der Waals surface area contributed by atoms with E-state index in [9.17, 15) is 14.4 Å². The van der Waals surface area contributed by atoms with E-state index < -0.39 is 17.9 Å². The number of fused-ring (bicyclic) bond motifs is 1. The van der Waals surface area contributed by atoms with Gasteiger partial charge >= 0.3 is 6.09 Å². The SMILES string of the molecule is CCc1cccnc1-n1cc(Br)cc1C(=O)Nc1c(C(=O)NNC(=O)OC)cc2ccccc2c1Cl. The van der Waals surface area contributed by atoms with Crippen LogP contribution in [0.1, 0.15) is 33.3 Å². The van der Waals surface area contributed by atoms with E-state index in [0.717, 1.165) is 5.56 Å². The topological polar surface area (TPSA) is 114 Å². The Balaban J connectivity index is 1.77. The second-order valence-corrected chi connectivity index (χ2v) is 8.91. The van der Waals surface area contributed by atoms with Gasteiger partial charge in [0.25, 0.3) is 11.8 Å². The summed E-state index contributed by atoms with van der Waals surface area (Å²) in [5.41, 5.74) is 5.74. The normalized spacial score (nSPS) is 10.7. The number of pyridine rings is 1. The highest BCUT2D eigenvalue weighted by molar-refractivity contribution is 9.10. The number of halogens is 2. The molecule has 184 valence electrons. The van der Waals surface area contributed by atoms with Gasteiger partial charge in [-0.15, -0.1) is 0 Å². The van der Waals surface area contributed by atoms with Gasteiger partial charge < -0.3 is 10.1 Å². The molecule has 3 amide bonds. The summed E-state index contributed by atoms with van der Waals surface area (Å²) >= 11 is 10.1.